The molecule has 4 rings (SSSR count). The Balaban J connectivity index is 1.65. The lowest BCUT2D eigenvalue weighted by molar-refractivity contribution is 0.103. The lowest BCUT2D eigenvalue weighted by atomic mass is 10.1. The molecule has 2 aromatic heterocycles. The van der Waals surface area contributed by atoms with Gasteiger partial charge in [-0.3, -0.25) is 4.79 Å². The molecule has 2 heterocycles. The zero-order chi connectivity index (χ0) is 19.0. The van der Waals surface area contributed by atoms with Gasteiger partial charge in [0.25, 0.3) is 5.91 Å². The Bertz CT molecular complexity index is 1110. The average Bonchev–Trinajstić information content (AvgIpc) is 3.24. The molecule has 0 radical (unpaired) electrons. The first-order valence-corrected chi connectivity index (χ1v) is 9.52. The van der Waals surface area contributed by atoms with Crippen LogP contribution in [0.2, 0.25) is 0 Å². The lowest BCUT2D eigenvalue weighted by Gasteiger charge is -2.05. The second kappa shape index (κ2) is 6.96. The molecule has 0 atom stereocenters. The van der Waals surface area contributed by atoms with E-state index in [-0.39, 0.29) is 11.7 Å². The summed E-state index contributed by atoms with van der Waals surface area (Å²) in [5, 5.41) is 8.39. The molecule has 1 amide bonds. The first kappa shape index (κ1) is 17.4. The van der Waals surface area contributed by atoms with Gasteiger partial charge < -0.3 is 5.32 Å². The number of carbonyl (C=O) groups is 1. The fourth-order valence-corrected chi connectivity index (χ4v) is 4.01. The smallest absolute Gasteiger partial charge is 0.265 e. The molecule has 6 heteroatoms. The molecular formula is C21H18FN3OS. The highest BCUT2D eigenvalue weighted by molar-refractivity contribution is 7.20. The second-order valence-corrected chi connectivity index (χ2v) is 7.34. The highest BCUT2D eigenvalue weighted by Crippen LogP contribution is 2.31. The molecule has 0 fully saturated rings. The van der Waals surface area contributed by atoms with E-state index in [1.54, 1.807) is 16.8 Å². The topological polar surface area (TPSA) is 46.9 Å². The number of hydrogen-bond acceptors (Lipinski definition) is 3. The summed E-state index contributed by atoms with van der Waals surface area (Å²) in [6, 6.07) is 15.9. The average molecular weight is 379 g/mol. The Morgan fingerprint density at radius 2 is 1.85 bits per heavy atom. The van der Waals surface area contributed by atoms with Gasteiger partial charge in [-0.1, -0.05) is 19.1 Å². The summed E-state index contributed by atoms with van der Waals surface area (Å²) in [5.74, 6) is -0.440. The molecule has 2 aromatic carbocycles. The van der Waals surface area contributed by atoms with Crippen LogP contribution in [-0.4, -0.2) is 15.7 Å². The number of aromatic nitrogens is 2. The van der Waals surface area contributed by atoms with Crippen LogP contribution in [0.15, 0.2) is 54.6 Å². The molecule has 0 unspecified atom stereocenters. The third kappa shape index (κ3) is 3.36. The van der Waals surface area contributed by atoms with Crippen molar-refractivity contribution in [3.8, 4) is 5.69 Å². The minimum absolute atomic E-state index is 0.148. The van der Waals surface area contributed by atoms with Gasteiger partial charge in [-0.2, -0.15) is 5.10 Å². The van der Waals surface area contributed by atoms with Crippen LogP contribution < -0.4 is 5.32 Å². The Morgan fingerprint density at radius 1 is 1.15 bits per heavy atom. The van der Waals surface area contributed by atoms with E-state index in [4.69, 9.17) is 0 Å². The molecular weight excluding hydrogens is 361 g/mol. The van der Waals surface area contributed by atoms with Crippen LogP contribution in [0.5, 0.6) is 0 Å². The number of carbonyl (C=O) groups excluding carboxylic acids is 1. The lowest BCUT2D eigenvalue weighted by Crippen LogP contribution is -2.10. The fraction of sp³-hybridized carbons (Fsp3) is 0.143. The molecule has 4 nitrogen and oxygen atoms in total. The second-order valence-electron chi connectivity index (χ2n) is 6.31. The maximum Gasteiger partial charge on any atom is 0.265 e. The van der Waals surface area contributed by atoms with Gasteiger partial charge in [-0.25, -0.2) is 9.07 Å². The summed E-state index contributed by atoms with van der Waals surface area (Å²) in [4.78, 5) is 14.1. The van der Waals surface area contributed by atoms with Crippen molar-refractivity contribution in [3.05, 3.63) is 76.5 Å². The molecule has 0 aliphatic rings. The number of rotatable bonds is 4. The van der Waals surface area contributed by atoms with Crippen LogP contribution in [0.25, 0.3) is 15.9 Å². The normalized spacial score (nSPS) is 11.1. The Hall–Kier alpha value is -2.99. The van der Waals surface area contributed by atoms with E-state index in [1.807, 2.05) is 37.3 Å². The number of thiophene rings is 1. The van der Waals surface area contributed by atoms with Gasteiger partial charge in [0, 0.05) is 11.1 Å². The third-order valence-electron chi connectivity index (χ3n) is 4.46. The Morgan fingerprint density at radius 3 is 2.52 bits per heavy atom. The van der Waals surface area contributed by atoms with Crippen molar-refractivity contribution >= 4 is 33.1 Å². The highest BCUT2D eigenvalue weighted by Gasteiger charge is 2.17. The van der Waals surface area contributed by atoms with E-state index in [0.717, 1.165) is 33.7 Å². The largest absolute Gasteiger partial charge is 0.321 e. The van der Waals surface area contributed by atoms with Crippen molar-refractivity contribution in [1.29, 1.82) is 0 Å². The molecule has 0 saturated carbocycles. The number of fused-ring (bicyclic) bond motifs is 1. The van der Waals surface area contributed by atoms with Crippen molar-refractivity contribution in [3.63, 3.8) is 0 Å². The molecule has 0 spiro atoms. The Kier molecular flexibility index (Phi) is 4.49. The summed E-state index contributed by atoms with van der Waals surface area (Å²) in [6.07, 6.45) is 0.962. The minimum Gasteiger partial charge on any atom is -0.321 e. The van der Waals surface area contributed by atoms with E-state index in [0.29, 0.717) is 4.88 Å². The number of hydrogen-bond donors (Lipinski definition) is 1. The molecule has 0 saturated heterocycles. The van der Waals surface area contributed by atoms with Gasteiger partial charge in [0.05, 0.1) is 16.3 Å². The Labute approximate surface area is 160 Å². The van der Waals surface area contributed by atoms with Gasteiger partial charge in [0.15, 0.2) is 0 Å². The summed E-state index contributed by atoms with van der Waals surface area (Å²) < 4.78 is 15.0. The van der Waals surface area contributed by atoms with E-state index in [1.165, 1.54) is 29.0 Å². The van der Waals surface area contributed by atoms with Gasteiger partial charge in [-0.15, -0.1) is 11.3 Å². The number of amides is 1. The molecule has 1 N–H and O–H groups in total. The van der Waals surface area contributed by atoms with Gasteiger partial charge in [0.2, 0.25) is 0 Å². The number of nitrogens with one attached hydrogen (secondary N) is 1. The van der Waals surface area contributed by atoms with Crippen molar-refractivity contribution in [2.75, 3.05) is 5.32 Å². The monoisotopic (exact) mass is 379 g/mol. The van der Waals surface area contributed by atoms with Gasteiger partial charge >= 0.3 is 0 Å². The number of nitrogens with zero attached hydrogens (tertiary/aromatic N) is 2. The van der Waals surface area contributed by atoms with E-state index < -0.39 is 0 Å². The summed E-state index contributed by atoms with van der Waals surface area (Å²) in [6.45, 7) is 4.00. The third-order valence-corrected chi connectivity index (χ3v) is 5.57. The van der Waals surface area contributed by atoms with Crippen LogP contribution in [0, 0.1) is 12.7 Å². The maximum atomic E-state index is 13.2. The highest BCUT2D eigenvalue weighted by atomic mass is 32.1. The van der Waals surface area contributed by atoms with E-state index in [2.05, 4.69) is 17.3 Å². The number of benzene rings is 2. The van der Waals surface area contributed by atoms with Crippen LogP contribution in [0.1, 0.15) is 27.9 Å². The quantitative estimate of drug-likeness (QED) is 0.520. The zero-order valence-electron chi connectivity index (χ0n) is 15.0. The molecule has 27 heavy (non-hydrogen) atoms. The van der Waals surface area contributed by atoms with Crippen molar-refractivity contribution in [2.24, 2.45) is 0 Å². The van der Waals surface area contributed by atoms with Crippen LogP contribution in [0.3, 0.4) is 0 Å². The standard InChI is InChI=1S/C21H18FN3OS/c1-3-14-4-8-16(9-5-14)23-20(26)19-12-18-13(2)24-25(21(18)27-19)17-10-6-15(22)7-11-17/h4-12H,3H2,1-2H3,(H,23,26). The molecule has 0 bridgehead atoms. The van der Waals surface area contributed by atoms with Gasteiger partial charge in [0.1, 0.15) is 10.6 Å². The SMILES string of the molecule is CCc1ccc(NC(=O)c2cc3c(C)nn(-c4ccc(F)cc4)c3s2)cc1. The molecule has 0 aliphatic carbocycles. The van der Waals surface area contributed by atoms with Crippen LogP contribution in [-0.2, 0) is 6.42 Å². The van der Waals surface area contributed by atoms with E-state index in [9.17, 15) is 9.18 Å². The minimum atomic E-state index is -0.292. The molecule has 0 aliphatic heterocycles. The van der Waals surface area contributed by atoms with Crippen molar-refractivity contribution in [1.82, 2.24) is 9.78 Å². The van der Waals surface area contributed by atoms with Gasteiger partial charge in [-0.05, 0) is 61.4 Å². The summed E-state index contributed by atoms with van der Waals surface area (Å²) in [7, 11) is 0. The van der Waals surface area contributed by atoms with Crippen LogP contribution in [0.4, 0.5) is 10.1 Å². The van der Waals surface area contributed by atoms with Crippen LogP contribution >= 0.6 is 11.3 Å². The predicted octanol–water partition coefficient (Wildman–Crippen LogP) is 5.35. The van der Waals surface area contributed by atoms with Crippen molar-refractivity contribution in [2.45, 2.75) is 20.3 Å². The van der Waals surface area contributed by atoms with E-state index >= 15 is 0 Å². The molecule has 136 valence electrons. The first-order valence-electron chi connectivity index (χ1n) is 8.70. The number of anilines is 1. The molecule has 4 aromatic rings. The number of halogens is 1. The fourth-order valence-electron chi connectivity index (χ4n) is 2.93. The zero-order valence-corrected chi connectivity index (χ0v) is 15.8. The summed E-state index contributed by atoms with van der Waals surface area (Å²) in [5.41, 5.74) is 3.59. The first-order chi connectivity index (χ1) is 13.0. The maximum absolute atomic E-state index is 13.2. The summed E-state index contributed by atoms with van der Waals surface area (Å²) >= 11 is 1.37. The number of aryl methyl sites for hydroxylation is 2. The van der Waals surface area contributed by atoms with Crippen molar-refractivity contribution < 1.29 is 9.18 Å². The predicted molar refractivity (Wildman–Crippen MR) is 107 cm³/mol.